The third-order valence-electron chi connectivity index (χ3n) is 3.25. The molecule has 1 aromatic rings. The lowest BCUT2D eigenvalue weighted by molar-refractivity contribution is -0.128. The van der Waals surface area contributed by atoms with Crippen LogP contribution in [0.2, 0.25) is 5.02 Å². The molecule has 1 saturated heterocycles. The maximum Gasteiger partial charge on any atom is 0.224 e. The number of benzene rings is 1. The van der Waals surface area contributed by atoms with Gasteiger partial charge in [-0.15, -0.1) is 0 Å². The number of likely N-dealkylation sites (tertiary alicyclic amines) is 1. The summed E-state index contributed by atoms with van der Waals surface area (Å²) >= 11 is 6.00. The summed E-state index contributed by atoms with van der Waals surface area (Å²) in [5, 5.41) is 3.89. The van der Waals surface area contributed by atoms with E-state index in [-0.39, 0.29) is 17.4 Å². The number of hydrogen-bond acceptors (Lipinski definition) is 3. The first kappa shape index (κ1) is 15.0. The van der Waals surface area contributed by atoms with Crippen LogP contribution in [0.1, 0.15) is 27.2 Å². The molecule has 1 heterocycles. The fourth-order valence-corrected chi connectivity index (χ4v) is 2.63. The molecule has 1 amide bonds. The minimum absolute atomic E-state index is 0.120. The molecule has 0 spiro atoms. The minimum atomic E-state index is 0.120. The Labute approximate surface area is 125 Å². The Bertz CT molecular complexity index is 510. The number of carbonyl (C=O) groups excluding carboxylic acids is 1. The highest BCUT2D eigenvalue weighted by molar-refractivity contribution is 6.33. The van der Waals surface area contributed by atoms with Gasteiger partial charge in [-0.05, 0) is 23.6 Å². The predicted molar refractivity (Wildman–Crippen MR) is 83.9 cm³/mol. The topological polar surface area (TPSA) is 58.4 Å². The fraction of sp³-hybridized carbons (Fsp3) is 0.533. The van der Waals surface area contributed by atoms with Crippen molar-refractivity contribution in [1.82, 2.24) is 4.90 Å². The summed E-state index contributed by atoms with van der Waals surface area (Å²) in [7, 11) is 0. The number of carbonyl (C=O) groups is 1. The van der Waals surface area contributed by atoms with Gasteiger partial charge in [0, 0.05) is 25.2 Å². The molecule has 1 aliphatic rings. The van der Waals surface area contributed by atoms with Crippen LogP contribution < -0.4 is 11.1 Å². The lowest BCUT2D eigenvalue weighted by atomic mass is 9.96. The lowest BCUT2D eigenvalue weighted by Gasteiger charge is -2.26. The highest BCUT2D eigenvalue weighted by atomic mass is 35.5. The van der Waals surface area contributed by atoms with Gasteiger partial charge in [0.05, 0.1) is 16.8 Å². The van der Waals surface area contributed by atoms with Crippen LogP contribution in [-0.4, -0.2) is 29.9 Å². The SMILES string of the molecule is CC(C)(C)CN1C[C@@H](Nc2ccc(N)c(Cl)c2)CC1=O. The average molecular weight is 296 g/mol. The zero-order valence-corrected chi connectivity index (χ0v) is 13.0. The van der Waals surface area contributed by atoms with Crippen LogP contribution in [0, 0.1) is 5.41 Å². The largest absolute Gasteiger partial charge is 0.398 e. The van der Waals surface area contributed by atoms with Gasteiger partial charge in [-0.2, -0.15) is 0 Å². The van der Waals surface area contributed by atoms with Gasteiger partial charge in [-0.1, -0.05) is 32.4 Å². The van der Waals surface area contributed by atoms with Crippen molar-refractivity contribution in [2.24, 2.45) is 5.41 Å². The van der Waals surface area contributed by atoms with E-state index in [0.29, 0.717) is 17.1 Å². The Hall–Kier alpha value is -1.42. The summed E-state index contributed by atoms with van der Waals surface area (Å²) in [6.45, 7) is 7.94. The third kappa shape index (κ3) is 3.79. The van der Waals surface area contributed by atoms with E-state index in [4.69, 9.17) is 17.3 Å². The Balaban J connectivity index is 1.98. The standard InChI is InChI=1S/C15H22ClN3O/c1-15(2,3)9-19-8-11(7-14(19)20)18-10-4-5-13(17)12(16)6-10/h4-6,11,18H,7-9,17H2,1-3H3/t11-/m0/s1. The second-order valence-corrected chi connectivity index (χ2v) is 7.02. The monoisotopic (exact) mass is 295 g/mol. The summed E-state index contributed by atoms with van der Waals surface area (Å²) in [5.41, 5.74) is 7.27. The summed E-state index contributed by atoms with van der Waals surface area (Å²) in [6, 6.07) is 5.59. The number of rotatable bonds is 3. The van der Waals surface area contributed by atoms with Crippen LogP contribution >= 0.6 is 11.6 Å². The highest BCUT2D eigenvalue weighted by Gasteiger charge is 2.31. The van der Waals surface area contributed by atoms with E-state index in [0.717, 1.165) is 18.8 Å². The maximum absolute atomic E-state index is 12.0. The zero-order chi connectivity index (χ0) is 14.9. The normalized spacial score (nSPS) is 19.5. The molecule has 5 heteroatoms. The van der Waals surface area contributed by atoms with E-state index in [9.17, 15) is 4.79 Å². The Kier molecular flexibility index (Phi) is 4.14. The first-order valence-corrected chi connectivity index (χ1v) is 7.22. The average Bonchev–Trinajstić information content (AvgIpc) is 2.62. The molecule has 4 nitrogen and oxygen atoms in total. The highest BCUT2D eigenvalue weighted by Crippen LogP contribution is 2.26. The Morgan fingerprint density at radius 3 is 2.75 bits per heavy atom. The van der Waals surface area contributed by atoms with Gasteiger partial charge in [-0.3, -0.25) is 4.79 Å². The minimum Gasteiger partial charge on any atom is -0.398 e. The second-order valence-electron chi connectivity index (χ2n) is 6.62. The summed E-state index contributed by atoms with van der Waals surface area (Å²) in [5.74, 6) is 0.207. The van der Waals surface area contributed by atoms with Crippen LogP contribution in [0.25, 0.3) is 0 Å². The van der Waals surface area contributed by atoms with E-state index in [2.05, 4.69) is 26.1 Å². The van der Waals surface area contributed by atoms with Gasteiger partial charge in [0.25, 0.3) is 0 Å². The zero-order valence-electron chi connectivity index (χ0n) is 12.2. The van der Waals surface area contributed by atoms with Crippen LogP contribution in [-0.2, 0) is 4.79 Å². The van der Waals surface area contributed by atoms with Crippen molar-refractivity contribution in [3.8, 4) is 0 Å². The van der Waals surface area contributed by atoms with Crippen LogP contribution in [0.3, 0.4) is 0 Å². The van der Waals surface area contributed by atoms with Gasteiger partial charge in [-0.25, -0.2) is 0 Å². The van der Waals surface area contributed by atoms with Gasteiger partial charge in [0.1, 0.15) is 0 Å². The first-order chi connectivity index (χ1) is 9.24. The molecular weight excluding hydrogens is 274 g/mol. The number of amides is 1. The van der Waals surface area contributed by atoms with E-state index >= 15 is 0 Å². The summed E-state index contributed by atoms with van der Waals surface area (Å²) < 4.78 is 0. The van der Waals surface area contributed by atoms with Crippen molar-refractivity contribution in [2.45, 2.75) is 33.2 Å². The number of nitrogens with one attached hydrogen (secondary N) is 1. The number of nitrogens with zero attached hydrogens (tertiary/aromatic N) is 1. The van der Waals surface area contributed by atoms with Crippen molar-refractivity contribution >= 4 is 28.9 Å². The molecule has 1 fully saturated rings. The van der Waals surface area contributed by atoms with Gasteiger partial charge < -0.3 is 16.0 Å². The molecule has 0 bridgehead atoms. The quantitative estimate of drug-likeness (QED) is 0.843. The van der Waals surface area contributed by atoms with Crippen molar-refractivity contribution in [3.63, 3.8) is 0 Å². The van der Waals surface area contributed by atoms with Crippen molar-refractivity contribution in [1.29, 1.82) is 0 Å². The van der Waals surface area contributed by atoms with Crippen molar-refractivity contribution in [2.75, 3.05) is 24.1 Å². The molecule has 3 N–H and O–H groups in total. The van der Waals surface area contributed by atoms with Crippen LogP contribution in [0.15, 0.2) is 18.2 Å². The van der Waals surface area contributed by atoms with Crippen LogP contribution in [0.4, 0.5) is 11.4 Å². The summed E-state index contributed by atoms with van der Waals surface area (Å²) in [6.07, 6.45) is 0.526. The summed E-state index contributed by atoms with van der Waals surface area (Å²) in [4.78, 5) is 13.9. The van der Waals surface area contributed by atoms with Crippen LogP contribution in [0.5, 0.6) is 0 Å². The molecule has 1 aromatic carbocycles. The molecule has 110 valence electrons. The Morgan fingerprint density at radius 2 is 2.15 bits per heavy atom. The molecule has 2 rings (SSSR count). The van der Waals surface area contributed by atoms with E-state index < -0.39 is 0 Å². The van der Waals surface area contributed by atoms with Gasteiger partial charge >= 0.3 is 0 Å². The van der Waals surface area contributed by atoms with Crippen molar-refractivity contribution in [3.05, 3.63) is 23.2 Å². The molecule has 20 heavy (non-hydrogen) atoms. The molecular formula is C15H22ClN3O. The number of anilines is 2. The predicted octanol–water partition coefficient (Wildman–Crippen LogP) is 2.98. The van der Waals surface area contributed by atoms with Gasteiger partial charge in [0.15, 0.2) is 0 Å². The number of nitrogen functional groups attached to an aromatic ring is 1. The number of nitrogens with two attached hydrogens (primary N) is 1. The smallest absolute Gasteiger partial charge is 0.224 e. The third-order valence-corrected chi connectivity index (χ3v) is 3.58. The second kappa shape index (κ2) is 5.52. The van der Waals surface area contributed by atoms with E-state index in [1.54, 1.807) is 12.1 Å². The molecule has 1 atom stereocenters. The number of hydrogen-bond donors (Lipinski definition) is 2. The fourth-order valence-electron chi connectivity index (χ4n) is 2.45. The number of halogens is 1. The molecule has 0 unspecified atom stereocenters. The molecule has 1 aliphatic heterocycles. The molecule has 0 aliphatic carbocycles. The van der Waals surface area contributed by atoms with Crippen molar-refractivity contribution < 1.29 is 4.79 Å². The Morgan fingerprint density at radius 1 is 1.45 bits per heavy atom. The lowest BCUT2D eigenvalue weighted by Crippen LogP contribution is -2.35. The molecule has 0 saturated carbocycles. The maximum atomic E-state index is 12.0. The van der Waals surface area contributed by atoms with E-state index in [1.807, 2.05) is 11.0 Å². The first-order valence-electron chi connectivity index (χ1n) is 6.84. The molecule has 0 aromatic heterocycles. The van der Waals surface area contributed by atoms with E-state index in [1.165, 1.54) is 0 Å². The molecule has 0 radical (unpaired) electrons. The van der Waals surface area contributed by atoms with Gasteiger partial charge in [0.2, 0.25) is 5.91 Å².